The predicted octanol–water partition coefficient (Wildman–Crippen LogP) is 3.79. The van der Waals surface area contributed by atoms with Gasteiger partial charge < -0.3 is 10.4 Å². The second-order valence-corrected chi connectivity index (χ2v) is 5.93. The van der Waals surface area contributed by atoms with E-state index in [4.69, 9.17) is 0 Å². The average molecular weight is 318 g/mol. The number of benzene rings is 1. The minimum absolute atomic E-state index is 0.133. The van der Waals surface area contributed by atoms with Crippen LogP contribution >= 0.6 is 15.9 Å². The Morgan fingerprint density at radius 3 is 2.78 bits per heavy atom. The zero-order valence-corrected chi connectivity index (χ0v) is 12.7. The van der Waals surface area contributed by atoms with E-state index >= 15 is 0 Å². The van der Waals surface area contributed by atoms with E-state index in [1.54, 1.807) is 19.1 Å². The molecule has 102 valence electrons. The number of nitrogens with one attached hydrogen (secondary N) is 1. The standard InChI is InChI=1S/C14H21BrFNO/c1-4-7-14(3,18)9-17-10(2)12-8-11(15)5-6-13(12)16/h5-6,8,10,17-18H,4,7,9H2,1-3H3. The molecule has 0 aromatic heterocycles. The quantitative estimate of drug-likeness (QED) is 0.836. The van der Waals surface area contributed by atoms with Crippen LogP contribution in [0.25, 0.3) is 0 Å². The Labute approximate surface area is 117 Å². The number of rotatable bonds is 6. The number of hydrogen-bond donors (Lipinski definition) is 2. The molecule has 0 aliphatic carbocycles. The Morgan fingerprint density at radius 1 is 1.50 bits per heavy atom. The van der Waals surface area contributed by atoms with E-state index in [1.165, 1.54) is 6.07 Å². The van der Waals surface area contributed by atoms with Crippen molar-refractivity contribution in [2.75, 3.05) is 6.54 Å². The molecule has 1 aromatic rings. The van der Waals surface area contributed by atoms with Gasteiger partial charge in [-0.05, 0) is 38.5 Å². The SMILES string of the molecule is CCCC(C)(O)CNC(C)c1cc(Br)ccc1F. The molecule has 1 aromatic carbocycles. The molecule has 0 amide bonds. The summed E-state index contributed by atoms with van der Waals surface area (Å²) in [5.74, 6) is -0.228. The second kappa shape index (κ2) is 6.64. The normalized spacial score (nSPS) is 16.3. The summed E-state index contributed by atoms with van der Waals surface area (Å²) in [6, 6.07) is 4.76. The van der Waals surface area contributed by atoms with Gasteiger partial charge in [0.15, 0.2) is 0 Å². The lowest BCUT2D eigenvalue weighted by Gasteiger charge is -2.26. The molecule has 0 bridgehead atoms. The maximum absolute atomic E-state index is 13.7. The summed E-state index contributed by atoms with van der Waals surface area (Å²) < 4.78 is 14.5. The Hall–Kier alpha value is -0.450. The fourth-order valence-electron chi connectivity index (χ4n) is 1.96. The Bertz CT molecular complexity index is 395. The largest absolute Gasteiger partial charge is 0.389 e. The van der Waals surface area contributed by atoms with E-state index in [1.807, 2.05) is 13.8 Å². The van der Waals surface area contributed by atoms with Gasteiger partial charge in [0.05, 0.1) is 5.60 Å². The molecule has 0 saturated carbocycles. The first-order chi connectivity index (χ1) is 8.35. The van der Waals surface area contributed by atoms with Crippen molar-refractivity contribution in [3.8, 4) is 0 Å². The highest BCUT2D eigenvalue weighted by Gasteiger charge is 2.20. The lowest BCUT2D eigenvalue weighted by molar-refractivity contribution is 0.0475. The number of aliphatic hydroxyl groups is 1. The van der Waals surface area contributed by atoms with Crippen molar-refractivity contribution in [2.45, 2.75) is 45.3 Å². The molecule has 0 aliphatic rings. The number of hydrogen-bond acceptors (Lipinski definition) is 2. The zero-order chi connectivity index (χ0) is 13.8. The molecule has 18 heavy (non-hydrogen) atoms. The maximum atomic E-state index is 13.7. The number of halogens is 2. The van der Waals surface area contributed by atoms with Gasteiger partial charge in [-0.25, -0.2) is 4.39 Å². The van der Waals surface area contributed by atoms with E-state index in [9.17, 15) is 9.50 Å². The highest BCUT2D eigenvalue weighted by molar-refractivity contribution is 9.10. The van der Waals surface area contributed by atoms with Gasteiger partial charge in [-0.3, -0.25) is 0 Å². The van der Waals surface area contributed by atoms with Crippen LogP contribution in [0.3, 0.4) is 0 Å². The van der Waals surface area contributed by atoms with Crippen LogP contribution in [0.1, 0.15) is 45.2 Å². The van der Waals surface area contributed by atoms with E-state index in [0.717, 1.165) is 17.3 Å². The Balaban J connectivity index is 2.65. The fraction of sp³-hybridized carbons (Fsp3) is 0.571. The molecule has 2 atom stereocenters. The third-order valence-corrected chi connectivity index (χ3v) is 3.50. The van der Waals surface area contributed by atoms with Gasteiger partial charge in [-0.2, -0.15) is 0 Å². The third-order valence-electron chi connectivity index (χ3n) is 3.00. The van der Waals surface area contributed by atoms with Crippen molar-refractivity contribution < 1.29 is 9.50 Å². The van der Waals surface area contributed by atoms with Crippen molar-refractivity contribution >= 4 is 15.9 Å². The molecule has 0 radical (unpaired) electrons. The summed E-state index contributed by atoms with van der Waals surface area (Å²) in [6.07, 6.45) is 1.65. The first kappa shape index (κ1) is 15.6. The van der Waals surface area contributed by atoms with Gasteiger partial charge in [-0.1, -0.05) is 29.3 Å². The molecule has 2 N–H and O–H groups in total. The van der Waals surface area contributed by atoms with Gasteiger partial charge in [0, 0.05) is 22.6 Å². The molecule has 0 aliphatic heterocycles. The van der Waals surface area contributed by atoms with Crippen LogP contribution < -0.4 is 5.32 Å². The van der Waals surface area contributed by atoms with Crippen molar-refractivity contribution in [1.29, 1.82) is 0 Å². The Morgan fingerprint density at radius 2 is 2.17 bits per heavy atom. The van der Waals surface area contributed by atoms with Gasteiger partial charge in [0.1, 0.15) is 5.82 Å². The molecule has 0 heterocycles. The van der Waals surface area contributed by atoms with Crippen LogP contribution in [0.5, 0.6) is 0 Å². The molecule has 2 unspecified atom stereocenters. The molecular weight excluding hydrogens is 297 g/mol. The van der Waals surface area contributed by atoms with Gasteiger partial charge in [-0.15, -0.1) is 0 Å². The highest BCUT2D eigenvalue weighted by atomic mass is 79.9. The minimum Gasteiger partial charge on any atom is -0.389 e. The van der Waals surface area contributed by atoms with E-state index in [0.29, 0.717) is 12.1 Å². The second-order valence-electron chi connectivity index (χ2n) is 5.02. The van der Waals surface area contributed by atoms with E-state index < -0.39 is 5.60 Å². The molecule has 0 fully saturated rings. The summed E-state index contributed by atoms with van der Waals surface area (Å²) in [5.41, 5.74) is -0.137. The molecule has 4 heteroatoms. The first-order valence-corrected chi connectivity index (χ1v) is 7.06. The van der Waals surface area contributed by atoms with Crippen molar-refractivity contribution in [3.05, 3.63) is 34.1 Å². The lowest BCUT2D eigenvalue weighted by Crippen LogP contribution is -2.38. The third kappa shape index (κ3) is 4.67. The predicted molar refractivity (Wildman–Crippen MR) is 76.0 cm³/mol. The zero-order valence-electron chi connectivity index (χ0n) is 11.1. The van der Waals surface area contributed by atoms with E-state index in [-0.39, 0.29) is 11.9 Å². The van der Waals surface area contributed by atoms with Crippen LogP contribution in [-0.2, 0) is 0 Å². The topological polar surface area (TPSA) is 32.3 Å². The summed E-state index contributed by atoms with van der Waals surface area (Å²) in [5, 5.41) is 13.2. The Kier molecular flexibility index (Phi) is 5.76. The van der Waals surface area contributed by atoms with Gasteiger partial charge in [0.2, 0.25) is 0 Å². The fourth-order valence-corrected chi connectivity index (χ4v) is 2.34. The van der Waals surface area contributed by atoms with Crippen LogP contribution in [0.4, 0.5) is 4.39 Å². The van der Waals surface area contributed by atoms with Crippen molar-refractivity contribution in [3.63, 3.8) is 0 Å². The lowest BCUT2D eigenvalue weighted by atomic mass is 9.99. The summed E-state index contributed by atoms with van der Waals surface area (Å²) in [6.45, 7) is 6.18. The van der Waals surface area contributed by atoms with Crippen molar-refractivity contribution in [1.82, 2.24) is 5.32 Å². The smallest absolute Gasteiger partial charge is 0.128 e. The molecular formula is C14H21BrFNO. The van der Waals surface area contributed by atoms with E-state index in [2.05, 4.69) is 21.2 Å². The summed E-state index contributed by atoms with van der Waals surface area (Å²) in [4.78, 5) is 0. The molecule has 0 saturated heterocycles. The molecule has 1 rings (SSSR count). The van der Waals surface area contributed by atoms with Gasteiger partial charge >= 0.3 is 0 Å². The van der Waals surface area contributed by atoms with Crippen LogP contribution in [-0.4, -0.2) is 17.3 Å². The van der Waals surface area contributed by atoms with Crippen LogP contribution in [0, 0.1) is 5.82 Å². The van der Waals surface area contributed by atoms with Crippen molar-refractivity contribution in [2.24, 2.45) is 0 Å². The summed E-state index contributed by atoms with van der Waals surface area (Å²) >= 11 is 3.34. The maximum Gasteiger partial charge on any atom is 0.128 e. The van der Waals surface area contributed by atoms with Crippen LogP contribution in [0.2, 0.25) is 0 Å². The minimum atomic E-state index is -0.745. The first-order valence-electron chi connectivity index (χ1n) is 6.26. The molecule has 2 nitrogen and oxygen atoms in total. The van der Waals surface area contributed by atoms with Gasteiger partial charge in [0.25, 0.3) is 0 Å². The average Bonchev–Trinajstić information content (AvgIpc) is 2.29. The monoisotopic (exact) mass is 317 g/mol. The summed E-state index contributed by atoms with van der Waals surface area (Å²) in [7, 11) is 0. The molecule has 0 spiro atoms. The van der Waals surface area contributed by atoms with Crippen LogP contribution in [0.15, 0.2) is 22.7 Å². The highest BCUT2D eigenvalue weighted by Crippen LogP contribution is 2.22.